The first-order valence-corrected chi connectivity index (χ1v) is 6.14. The molecular weight excluding hydrogens is 236 g/mol. The molecular formula is C11H14N4O3. The molecule has 1 saturated heterocycles. The van der Waals surface area contributed by atoms with E-state index in [0.717, 1.165) is 25.7 Å². The van der Waals surface area contributed by atoms with Crippen LogP contribution in [0.1, 0.15) is 42.3 Å². The number of hydrogen-bond donors (Lipinski definition) is 2. The first-order valence-electron chi connectivity index (χ1n) is 6.14. The summed E-state index contributed by atoms with van der Waals surface area (Å²) in [6.07, 6.45) is 4.66. The number of primary amides is 1. The molecule has 1 aromatic rings. The highest BCUT2D eigenvalue weighted by Crippen LogP contribution is 2.65. The first kappa shape index (κ1) is 10.5. The van der Waals surface area contributed by atoms with E-state index in [4.69, 9.17) is 10.5 Å². The second-order valence-electron chi connectivity index (χ2n) is 5.58. The predicted octanol–water partition coefficient (Wildman–Crippen LogP) is -0.626. The van der Waals surface area contributed by atoms with E-state index in [9.17, 15) is 9.90 Å². The van der Waals surface area contributed by atoms with Crippen LogP contribution in [-0.4, -0.2) is 43.1 Å². The number of rotatable bonds is 2. The normalized spacial score (nSPS) is 44.7. The Balaban J connectivity index is 1.53. The third kappa shape index (κ3) is 1.23. The Kier molecular flexibility index (Phi) is 1.69. The van der Waals surface area contributed by atoms with Gasteiger partial charge < -0.3 is 15.6 Å². The molecule has 3 aliphatic rings. The summed E-state index contributed by atoms with van der Waals surface area (Å²) in [5.41, 5.74) is 4.62. The molecule has 3 fully saturated rings. The Hall–Kier alpha value is -1.47. The standard InChI is InChI=1S/C11H14N4O3/c12-8(17)9-13-5-15(14-9)6-3-10(6)1-2-11(18-10)4-7(11)16/h5-7,16H,1-4H2,(H2,12,17). The smallest absolute Gasteiger partial charge is 0.288 e. The van der Waals surface area contributed by atoms with Gasteiger partial charge in [-0.05, 0) is 12.8 Å². The minimum atomic E-state index is -0.620. The van der Waals surface area contributed by atoms with Crippen molar-refractivity contribution in [3.8, 4) is 0 Å². The van der Waals surface area contributed by atoms with Gasteiger partial charge in [0.25, 0.3) is 5.91 Å². The van der Waals surface area contributed by atoms with Gasteiger partial charge >= 0.3 is 0 Å². The Morgan fingerprint density at radius 3 is 2.78 bits per heavy atom. The van der Waals surface area contributed by atoms with E-state index in [2.05, 4.69) is 10.1 Å². The van der Waals surface area contributed by atoms with Gasteiger partial charge in [0, 0.05) is 12.8 Å². The summed E-state index contributed by atoms with van der Waals surface area (Å²) in [4.78, 5) is 14.8. The number of ether oxygens (including phenoxy) is 1. The van der Waals surface area contributed by atoms with Gasteiger partial charge in [0.2, 0.25) is 5.82 Å². The van der Waals surface area contributed by atoms with Gasteiger partial charge in [-0.15, -0.1) is 5.10 Å². The van der Waals surface area contributed by atoms with Gasteiger partial charge in [0.1, 0.15) is 6.33 Å². The number of carbonyl (C=O) groups is 1. The molecule has 0 aromatic carbocycles. The van der Waals surface area contributed by atoms with Crippen molar-refractivity contribution in [3.05, 3.63) is 12.2 Å². The molecule has 7 heteroatoms. The largest absolute Gasteiger partial charge is 0.390 e. The van der Waals surface area contributed by atoms with Crippen LogP contribution >= 0.6 is 0 Å². The molecule has 4 atom stereocenters. The van der Waals surface area contributed by atoms with Crippen LogP contribution in [0, 0.1) is 0 Å². The number of aliphatic hydroxyl groups excluding tert-OH is 1. The number of nitrogens with zero attached hydrogens (tertiary/aromatic N) is 3. The Morgan fingerprint density at radius 1 is 1.50 bits per heavy atom. The zero-order chi connectivity index (χ0) is 12.5. The van der Waals surface area contributed by atoms with E-state index in [-0.39, 0.29) is 29.2 Å². The number of nitrogens with two attached hydrogens (primary N) is 1. The lowest BCUT2D eigenvalue weighted by Crippen LogP contribution is -2.20. The van der Waals surface area contributed by atoms with Crippen LogP contribution in [0.4, 0.5) is 0 Å². The number of aromatic nitrogens is 3. The molecule has 0 bridgehead atoms. The average molecular weight is 250 g/mol. The zero-order valence-electron chi connectivity index (χ0n) is 9.74. The third-order valence-electron chi connectivity index (χ3n) is 4.40. The lowest BCUT2D eigenvalue weighted by atomic mass is 10.1. The zero-order valence-corrected chi connectivity index (χ0v) is 9.74. The highest BCUT2D eigenvalue weighted by Gasteiger charge is 2.71. The van der Waals surface area contributed by atoms with Crippen LogP contribution in [0.3, 0.4) is 0 Å². The maximum Gasteiger partial charge on any atom is 0.288 e. The fraction of sp³-hybridized carbons (Fsp3) is 0.727. The average Bonchev–Trinajstić information content (AvgIpc) is 3.00. The van der Waals surface area contributed by atoms with Gasteiger partial charge in [-0.1, -0.05) is 0 Å². The van der Waals surface area contributed by atoms with Gasteiger partial charge in [-0.2, -0.15) is 0 Å². The molecule has 2 spiro atoms. The molecule has 4 unspecified atom stereocenters. The van der Waals surface area contributed by atoms with E-state index in [1.807, 2.05) is 0 Å². The van der Waals surface area contributed by atoms with Crippen molar-refractivity contribution >= 4 is 5.91 Å². The monoisotopic (exact) mass is 250 g/mol. The molecule has 7 nitrogen and oxygen atoms in total. The Bertz CT molecular complexity index is 544. The molecule has 2 saturated carbocycles. The molecule has 0 radical (unpaired) electrons. The molecule has 2 heterocycles. The van der Waals surface area contributed by atoms with Crippen molar-refractivity contribution < 1.29 is 14.6 Å². The highest BCUT2D eigenvalue weighted by atomic mass is 16.6. The van der Waals surface area contributed by atoms with Crippen molar-refractivity contribution in [3.63, 3.8) is 0 Å². The summed E-state index contributed by atoms with van der Waals surface area (Å²) in [5, 5.41) is 13.7. The van der Waals surface area contributed by atoms with E-state index in [0.29, 0.717) is 0 Å². The molecule has 3 N–H and O–H groups in total. The van der Waals surface area contributed by atoms with Crippen LogP contribution in [0.25, 0.3) is 0 Å². The van der Waals surface area contributed by atoms with E-state index in [1.165, 1.54) is 6.33 Å². The highest BCUT2D eigenvalue weighted by molar-refractivity contribution is 5.88. The molecule has 1 aromatic heterocycles. The van der Waals surface area contributed by atoms with Crippen molar-refractivity contribution in [1.29, 1.82) is 0 Å². The molecule has 1 aliphatic heterocycles. The fourth-order valence-corrected chi connectivity index (χ4v) is 3.10. The Morgan fingerprint density at radius 2 is 2.22 bits per heavy atom. The SMILES string of the molecule is NC(=O)c1ncn(C2CC23CCC2(CC2O)O3)n1. The van der Waals surface area contributed by atoms with Gasteiger partial charge in [0.05, 0.1) is 23.3 Å². The van der Waals surface area contributed by atoms with Gasteiger partial charge in [0.15, 0.2) is 0 Å². The Labute approximate surface area is 103 Å². The molecule has 96 valence electrons. The number of amides is 1. The summed E-state index contributed by atoms with van der Waals surface area (Å²) in [6.45, 7) is 0. The number of carbonyl (C=O) groups excluding carboxylic acids is 1. The minimum absolute atomic E-state index is 0.0382. The quantitative estimate of drug-likeness (QED) is 0.727. The van der Waals surface area contributed by atoms with Crippen molar-refractivity contribution in [2.45, 2.75) is 49.0 Å². The van der Waals surface area contributed by atoms with Crippen LogP contribution in [-0.2, 0) is 4.74 Å². The molecule has 2 aliphatic carbocycles. The lowest BCUT2D eigenvalue weighted by Gasteiger charge is -2.12. The van der Waals surface area contributed by atoms with Crippen molar-refractivity contribution in [1.82, 2.24) is 14.8 Å². The second kappa shape index (κ2) is 2.92. The maximum absolute atomic E-state index is 10.9. The predicted molar refractivity (Wildman–Crippen MR) is 58.6 cm³/mol. The molecule has 1 amide bonds. The lowest BCUT2D eigenvalue weighted by molar-refractivity contribution is -0.0220. The van der Waals surface area contributed by atoms with Crippen molar-refractivity contribution in [2.24, 2.45) is 5.73 Å². The van der Waals surface area contributed by atoms with Crippen LogP contribution in [0.15, 0.2) is 6.33 Å². The van der Waals surface area contributed by atoms with E-state index in [1.54, 1.807) is 4.68 Å². The van der Waals surface area contributed by atoms with Gasteiger partial charge in [-0.3, -0.25) is 4.79 Å². The molecule has 18 heavy (non-hydrogen) atoms. The third-order valence-corrected chi connectivity index (χ3v) is 4.40. The van der Waals surface area contributed by atoms with Crippen LogP contribution in [0.2, 0.25) is 0 Å². The number of hydrogen-bond acceptors (Lipinski definition) is 5. The van der Waals surface area contributed by atoms with E-state index < -0.39 is 5.91 Å². The summed E-state index contributed by atoms with van der Waals surface area (Å²) < 4.78 is 7.71. The van der Waals surface area contributed by atoms with Crippen molar-refractivity contribution in [2.75, 3.05) is 0 Å². The summed E-state index contributed by atoms with van der Waals surface area (Å²) >= 11 is 0. The minimum Gasteiger partial charge on any atom is -0.390 e. The summed E-state index contributed by atoms with van der Waals surface area (Å²) in [7, 11) is 0. The van der Waals surface area contributed by atoms with Gasteiger partial charge in [-0.25, -0.2) is 9.67 Å². The second-order valence-corrected chi connectivity index (χ2v) is 5.58. The summed E-state index contributed by atoms with van der Waals surface area (Å²) in [6, 6.07) is 0.116. The molecule has 4 rings (SSSR count). The maximum atomic E-state index is 10.9. The van der Waals surface area contributed by atoms with E-state index >= 15 is 0 Å². The van der Waals surface area contributed by atoms with Crippen LogP contribution < -0.4 is 5.73 Å². The number of aliphatic hydroxyl groups is 1. The summed E-state index contributed by atoms with van der Waals surface area (Å²) in [5.74, 6) is -0.582. The topological polar surface area (TPSA) is 103 Å². The van der Waals surface area contributed by atoms with Crippen LogP contribution in [0.5, 0.6) is 0 Å². The fourth-order valence-electron chi connectivity index (χ4n) is 3.10. The first-order chi connectivity index (χ1) is 8.55.